The van der Waals surface area contributed by atoms with Gasteiger partial charge in [0.1, 0.15) is 0 Å². The molecule has 0 bridgehead atoms. The minimum absolute atomic E-state index is 0.0708. The van der Waals surface area contributed by atoms with Gasteiger partial charge in [0.05, 0.1) is 5.02 Å². The predicted molar refractivity (Wildman–Crippen MR) is 63.2 cm³/mol. The van der Waals surface area contributed by atoms with Crippen molar-refractivity contribution in [1.29, 1.82) is 0 Å². The summed E-state index contributed by atoms with van der Waals surface area (Å²) in [7, 11) is 0. The summed E-state index contributed by atoms with van der Waals surface area (Å²) in [6, 6.07) is 5.01. The highest BCUT2D eigenvalue weighted by atomic mass is 79.9. The number of benzene rings is 1. The number of aliphatic hydroxyl groups excluding tert-OH is 1. The quantitative estimate of drug-likeness (QED) is 0.836. The zero-order valence-electron chi connectivity index (χ0n) is 7.96. The maximum absolute atomic E-state index is 11.5. The molecule has 0 aromatic heterocycles. The zero-order chi connectivity index (χ0) is 11.3. The van der Waals surface area contributed by atoms with E-state index in [0.717, 1.165) is 4.47 Å². The third kappa shape index (κ3) is 3.81. The van der Waals surface area contributed by atoms with Crippen LogP contribution in [0.15, 0.2) is 22.7 Å². The summed E-state index contributed by atoms with van der Waals surface area (Å²) >= 11 is 9.10. The Hall–Kier alpha value is -0.580. The van der Waals surface area contributed by atoms with E-state index in [4.69, 9.17) is 16.7 Å². The molecule has 0 spiro atoms. The van der Waals surface area contributed by atoms with Crippen LogP contribution in [0.4, 0.5) is 0 Å². The van der Waals surface area contributed by atoms with Crippen LogP contribution in [0.1, 0.15) is 16.8 Å². The fraction of sp³-hybridized carbons (Fsp3) is 0.300. The first-order valence-electron chi connectivity index (χ1n) is 4.49. The number of carbonyl (C=O) groups excluding carboxylic acids is 1. The van der Waals surface area contributed by atoms with Crippen LogP contribution in [0, 0.1) is 0 Å². The highest BCUT2D eigenvalue weighted by Crippen LogP contribution is 2.22. The number of amides is 1. The third-order valence-corrected chi connectivity index (χ3v) is 3.03. The predicted octanol–water partition coefficient (Wildman–Crippen LogP) is 2.21. The van der Waals surface area contributed by atoms with Crippen LogP contribution < -0.4 is 5.32 Å². The summed E-state index contributed by atoms with van der Waals surface area (Å²) in [5.74, 6) is -0.183. The van der Waals surface area contributed by atoms with Gasteiger partial charge >= 0.3 is 0 Å². The second-order valence-electron chi connectivity index (χ2n) is 2.96. The maximum Gasteiger partial charge on any atom is 0.251 e. The number of rotatable bonds is 4. The molecule has 1 aromatic carbocycles. The molecule has 0 saturated heterocycles. The molecule has 1 amide bonds. The molecule has 3 nitrogen and oxygen atoms in total. The second-order valence-corrected chi connectivity index (χ2v) is 4.22. The van der Waals surface area contributed by atoms with Crippen molar-refractivity contribution >= 4 is 33.4 Å². The van der Waals surface area contributed by atoms with Gasteiger partial charge in [0.25, 0.3) is 5.91 Å². The fourth-order valence-corrected chi connectivity index (χ4v) is 1.45. The Morgan fingerprint density at radius 2 is 2.27 bits per heavy atom. The Morgan fingerprint density at radius 1 is 1.53 bits per heavy atom. The third-order valence-electron chi connectivity index (χ3n) is 1.80. The second kappa shape index (κ2) is 6.10. The van der Waals surface area contributed by atoms with E-state index in [9.17, 15) is 4.79 Å². The molecule has 0 heterocycles. The van der Waals surface area contributed by atoms with E-state index < -0.39 is 0 Å². The monoisotopic (exact) mass is 291 g/mol. The molecule has 1 aromatic rings. The molecule has 5 heteroatoms. The van der Waals surface area contributed by atoms with E-state index in [1.165, 1.54) is 0 Å². The van der Waals surface area contributed by atoms with Crippen molar-refractivity contribution in [2.75, 3.05) is 13.2 Å². The number of hydrogen-bond acceptors (Lipinski definition) is 2. The van der Waals surface area contributed by atoms with E-state index in [1.54, 1.807) is 18.2 Å². The highest BCUT2D eigenvalue weighted by molar-refractivity contribution is 9.10. The summed E-state index contributed by atoms with van der Waals surface area (Å²) in [6.07, 6.45) is 0.552. The van der Waals surface area contributed by atoms with Gasteiger partial charge in [0, 0.05) is 23.2 Å². The Morgan fingerprint density at radius 3 is 2.87 bits per heavy atom. The van der Waals surface area contributed by atoms with Crippen molar-refractivity contribution in [2.45, 2.75) is 6.42 Å². The van der Waals surface area contributed by atoms with Gasteiger partial charge in [0.15, 0.2) is 0 Å². The topological polar surface area (TPSA) is 49.3 Å². The van der Waals surface area contributed by atoms with E-state index in [0.29, 0.717) is 23.6 Å². The lowest BCUT2D eigenvalue weighted by molar-refractivity contribution is 0.0951. The number of aliphatic hydroxyl groups is 1. The molecule has 82 valence electrons. The summed E-state index contributed by atoms with van der Waals surface area (Å²) in [4.78, 5) is 11.5. The number of nitrogens with one attached hydrogen (secondary N) is 1. The summed E-state index contributed by atoms with van der Waals surface area (Å²) in [6.45, 7) is 0.532. The standard InChI is InChI=1S/C10H11BrClNO2/c11-8-3-2-7(6-9(8)12)10(15)13-4-1-5-14/h2-3,6,14H,1,4-5H2,(H,13,15). The van der Waals surface area contributed by atoms with Crippen molar-refractivity contribution < 1.29 is 9.90 Å². The molecule has 15 heavy (non-hydrogen) atoms. The van der Waals surface area contributed by atoms with Gasteiger partial charge in [-0.3, -0.25) is 4.79 Å². The average molecular weight is 293 g/mol. The minimum Gasteiger partial charge on any atom is -0.396 e. The molecule has 1 rings (SSSR count). The Balaban J connectivity index is 2.62. The van der Waals surface area contributed by atoms with Gasteiger partial charge in [-0.15, -0.1) is 0 Å². The van der Waals surface area contributed by atoms with E-state index in [-0.39, 0.29) is 12.5 Å². The highest BCUT2D eigenvalue weighted by Gasteiger charge is 2.06. The first-order chi connectivity index (χ1) is 7.15. The van der Waals surface area contributed by atoms with Crippen LogP contribution in [0.2, 0.25) is 5.02 Å². The van der Waals surface area contributed by atoms with E-state index >= 15 is 0 Å². The SMILES string of the molecule is O=C(NCCCO)c1ccc(Br)c(Cl)c1. The molecule has 0 unspecified atom stereocenters. The lowest BCUT2D eigenvalue weighted by Crippen LogP contribution is -2.24. The fourth-order valence-electron chi connectivity index (χ4n) is 1.02. The van der Waals surface area contributed by atoms with Crippen molar-refractivity contribution in [3.05, 3.63) is 33.3 Å². The molecule has 0 saturated carbocycles. The molecule has 0 aliphatic carbocycles. The van der Waals surface area contributed by atoms with E-state index in [2.05, 4.69) is 21.2 Å². The molecular weight excluding hydrogens is 281 g/mol. The van der Waals surface area contributed by atoms with Gasteiger partial charge in [-0.05, 0) is 40.5 Å². The zero-order valence-corrected chi connectivity index (χ0v) is 10.3. The van der Waals surface area contributed by atoms with Crippen LogP contribution >= 0.6 is 27.5 Å². The van der Waals surface area contributed by atoms with Crippen molar-refractivity contribution in [3.63, 3.8) is 0 Å². The Kier molecular flexibility index (Phi) is 5.08. The molecule has 0 fully saturated rings. The first-order valence-corrected chi connectivity index (χ1v) is 5.66. The van der Waals surface area contributed by atoms with Gasteiger partial charge in [-0.1, -0.05) is 11.6 Å². The van der Waals surface area contributed by atoms with Crippen LogP contribution in [0.5, 0.6) is 0 Å². The molecule has 0 atom stereocenters. The minimum atomic E-state index is -0.183. The van der Waals surface area contributed by atoms with Crippen molar-refractivity contribution in [3.8, 4) is 0 Å². The van der Waals surface area contributed by atoms with Gasteiger partial charge in [-0.2, -0.15) is 0 Å². The van der Waals surface area contributed by atoms with Gasteiger partial charge in [-0.25, -0.2) is 0 Å². The molecular formula is C10H11BrClNO2. The van der Waals surface area contributed by atoms with E-state index in [1.807, 2.05) is 0 Å². The number of halogens is 2. The lowest BCUT2D eigenvalue weighted by atomic mass is 10.2. The Labute approximate surface area is 102 Å². The molecule has 0 radical (unpaired) electrons. The van der Waals surface area contributed by atoms with Crippen LogP contribution in [-0.2, 0) is 0 Å². The average Bonchev–Trinajstić information content (AvgIpc) is 2.22. The normalized spacial score (nSPS) is 10.1. The van der Waals surface area contributed by atoms with Crippen LogP contribution in [-0.4, -0.2) is 24.2 Å². The number of hydrogen-bond donors (Lipinski definition) is 2. The molecule has 2 N–H and O–H groups in total. The van der Waals surface area contributed by atoms with Gasteiger partial charge < -0.3 is 10.4 Å². The maximum atomic E-state index is 11.5. The molecule has 0 aliphatic rings. The largest absolute Gasteiger partial charge is 0.396 e. The summed E-state index contributed by atoms with van der Waals surface area (Å²) in [5.41, 5.74) is 0.515. The first kappa shape index (κ1) is 12.5. The van der Waals surface area contributed by atoms with Crippen molar-refractivity contribution in [2.24, 2.45) is 0 Å². The molecule has 0 aliphatic heterocycles. The summed E-state index contributed by atoms with van der Waals surface area (Å²) < 4.78 is 0.760. The summed E-state index contributed by atoms with van der Waals surface area (Å²) in [5, 5.41) is 11.7. The van der Waals surface area contributed by atoms with Crippen molar-refractivity contribution in [1.82, 2.24) is 5.32 Å². The van der Waals surface area contributed by atoms with Crippen LogP contribution in [0.3, 0.4) is 0 Å². The lowest BCUT2D eigenvalue weighted by Gasteiger charge is -2.04. The Bertz CT molecular complexity index is 357. The number of carbonyl (C=O) groups is 1. The van der Waals surface area contributed by atoms with Gasteiger partial charge in [0.2, 0.25) is 0 Å². The smallest absolute Gasteiger partial charge is 0.251 e. The van der Waals surface area contributed by atoms with Crippen LogP contribution in [0.25, 0.3) is 0 Å².